The summed E-state index contributed by atoms with van der Waals surface area (Å²) in [5.41, 5.74) is 2.61. The van der Waals surface area contributed by atoms with Gasteiger partial charge in [-0.1, -0.05) is 31.2 Å². The van der Waals surface area contributed by atoms with Gasteiger partial charge in [0.2, 0.25) is 0 Å². The predicted octanol–water partition coefficient (Wildman–Crippen LogP) is 2.15. The number of hydrogen-bond acceptors (Lipinski definition) is 2. The van der Waals surface area contributed by atoms with Gasteiger partial charge in [0.05, 0.1) is 6.10 Å². The van der Waals surface area contributed by atoms with Crippen molar-refractivity contribution < 1.29 is 5.11 Å². The van der Waals surface area contributed by atoms with E-state index in [1.54, 1.807) is 0 Å². The maximum absolute atomic E-state index is 10.2. The number of aryl methyl sites for hydroxylation is 1. The Bertz CT molecular complexity index is 327. The summed E-state index contributed by atoms with van der Waals surface area (Å²) in [4.78, 5) is 0. The molecule has 17 heavy (non-hydrogen) atoms. The largest absolute Gasteiger partial charge is 0.392 e. The summed E-state index contributed by atoms with van der Waals surface area (Å²) < 4.78 is 0. The van der Waals surface area contributed by atoms with Crippen LogP contribution < -0.4 is 5.32 Å². The molecule has 2 unspecified atom stereocenters. The van der Waals surface area contributed by atoms with Crippen LogP contribution in [0.15, 0.2) is 24.3 Å². The number of hydrogen-bond donors (Lipinski definition) is 2. The molecule has 0 spiro atoms. The lowest BCUT2D eigenvalue weighted by Crippen LogP contribution is -2.37. The molecule has 1 saturated heterocycles. The lowest BCUT2D eigenvalue weighted by atomic mass is 9.90. The summed E-state index contributed by atoms with van der Waals surface area (Å²) in [6.07, 6.45) is 4.01. The molecule has 0 aromatic heterocycles. The normalized spacial score (nSPS) is 22.4. The first-order chi connectivity index (χ1) is 8.29. The summed E-state index contributed by atoms with van der Waals surface area (Å²) in [6.45, 7) is 4.24. The van der Waals surface area contributed by atoms with Crippen LogP contribution in [0.1, 0.15) is 30.9 Å². The van der Waals surface area contributed by atoms with Crippen LogP contribution in [-0.4, -0.2) is 24.3 Å². The Labute approximate surface area is 104 Å². The van der Waals surface area contributed by atoms with Gasteiger partial charge in [0.25, 0.3) is 0 Å². The number of piperidine rings is 1. The van der Waals surface area contributed by atoms with E-state index in [4.69, 9.17) is 0 Å². The monoisotopic (exact) mass is 233 g/mol. The van der Waals surface area contributed by atoms with Gasteiger partial charge in [-0.2, -0.15) is 0 Å². The molecule has 2 atom stereocenters. The van der Waals surface area contributed by atoms with Crippen molar-refractivity contribution in [3.63, 3.8) is 0 Å². The van der Waals surface area contributed by atoms with E-state index in [1.165, 1.54) is 17.5 Å². The summed E-state index contributed by atoms with van der Waals surface area (Å²) in [6, 6.07) is 8.64. The smallest absolute Gasteiger partial charge is 0.0620 e. The average Bonchev–Trinajstić information content (AvgIpc) is 2.40. The van der Waals surface area contributed by atoms with Crippen LogP contribution in [0.25, 0.3) is 0 Å². The van der Waals surface area contributed by atoms with Crippen LogP contribution in [0, 0.1) is 5.92 Å². The fourth-order valence-electron chi connectivity index (χ4n) is 2.53. The minimum atomic E-state index is -0.199. The molecule has 2 N–H and O–H groups in total. The van der Waals surface area contributed by atoms with E-state index in [0.717, 1.165) is 32.4 Å². The standard InChI is InChI=1S/C15H23NO/c1-2-12-5-7-13(8-6-12)10-15(17)14-4-3-9-16-11-14/h5-8,14-17H,2-4,9-11H2,1H3. The Balaban J connectivity index is 1.89. The highest BCUT2D eigenvalue weighted by atomic mass is 16.3. The second-order valence-corrected chi connectivity index (χ2v) is 5.05. The van der Waals surface area contributed by atoms with Crippen LogP contribution in [-0.2, 0) is 12.8 Å². The fourth-order valence-corrected chi connectivity index (χ4v) is 2.53. The maximum Gasteiger partial charge on any atom is 0.0620 e. The second kappa shape index (κ2) is 6.18. The van der Waals surface area contributed by atoms with Gasteiger partial charge in [-0.25, -0.2) is 0 Å². The van der Waals surface area contributed by atoms with Gasteiger partial charge in [0, 0.05) is 6.54 Å². The van der Waals surface area contributed by atoms with Crippen molar-refractivity contribution in [2.75, 3.05) is 13.1 Å². The summed E-state index contributed by atoms with van der Waals surface area (Å²) in [5.74, 6) is 0.426. The van der Waals surface area contributed by atoms with Crippen molar-refractivity contribution >= 4 is 0 Å². The molecule has 1 aromatic rings. The van der Waals surface area contributed by atoms with Crippen molar-refractivity contribution in [3.05, 3.63) is 35.4 Å². The first kappa shape index (κ1) is 12.6. The molecule has 0 radical (unpaired) electrons. The Morgan fingerprint density at radius 2 is 2.00 bits per heavy atom. The summed E-state index contributed by atoms with van der Waals surface area (Å²) in [5, 5.41) is 13.6. The van der Waals surface area contributed by atoms with E-state index in [1.807, 2.05) is 0 Å². The number of rotatable bonds is 4. The number of benzene rings is 1. The highest BCUT2D eigenvalue weighted by Crippen LogP contribution is 2.18. The lowest BCUT2D eigenvalue weighted by Gasteiger charge is -2.27. The highest BCUT2D eigenvalue weighted by molar-refractivity contribution is 5.23. The third-order valence-electron chi connectivity index (χ3n) is 3.76. The molecule has 1 fully saturated rings. The van der Waals surface area contributed by atoms with Gasteiger partial charge < -0.3 is 10.4 Å². The van der Waals surface area contributed by atoms with Crippen LogP contribution in [0.5, 0.6) is 0 Å². The van der Waals surface area contributed by atoms with Gasteiger partial charge in [-0.05, 0) is 49.3 Å². The zero-order chi connectivity index (χ0) is 12.1. The number of nitrogens with one attached hydrogen (secondary N) is 1. The predicted molar refractivity (Wildman–Crippen MR) is 71.1 cm³/mol. The molecule has 0 bridgehead atoms. The minimum Gasteiger partial charge on any atom is -0.392 e. The quantitative estimate of drug-likeness (QED) is 0.835. The van der Waals surface area contributed by atoms with E-state index in [2.05, 4.69) is 36.5 Å². The van der Waals surface area contributed by atoms with Crippen molar-refractivity contribution in [1.29, 1.82) is 0 Å². The van der Waals surface area contributed by atoms with E-state index in [0.29, 0.717) is 5.92 Å². The Kier molecular flexibility index (Phi) is 4.57. The molecule has 1 aromatic carbocycles. The van der Waals surface area contributed by atoms with E-state index in [9.17, 15) is 5.11 Å². The minimum absolute atomic E-state index is 0.199. The molecule has 1 aliphatic rings. The topological polar surface area (TPSA) is 32.3 Å². The third-order valence-corrected chi connectivity index (χ3v) is 3.76. The van der Waals surface area contributed by atoms with Gasteiger partial charge in [0.15, 0.2) is 0 Å². The first-order valence-electron chi connectivity index (χ1n) is 6.76. The molecular weight excluding hydrogens is 210 g/mol. The highest BCUT2D eigenvalue weighted by Gasteiger charge is 2.21. The van der Waals surface area contributed by atoms with E-state index < -0.39 is 0 Å². The molecule has 0 aliphatic carbocycles. The molecule has 1 heterocycles. The molecule has 94 valence electrons. The van der Waals surface area contributed by atoms with Gasteiger partial charge in [-0.15, -0.1) is 0 Å². The zero-order valence-corrected chi connectivity index (χ0v) is 10.7. The number of aliphatic hydroxyl groups excluding tert-OH is 1. The third kappa shape index (κ3) is 3.55. The molecule has 0 amide bonds. The van der Waals surface area contributed by atoms with Crippen molar-refractivity contribution in [2.24, 2.45) is 5.92 Å². The zero-order valence-electron chi connectivity index (χ0n) is 10.7. The van der Waals surface area contributed by atoms with E-state index >= 15 is 0 Å². The second-order valence-electron chi connectivity index (χ2n) is 5.05. The maximum atomic E-state index is 10.2. The van der Waals surface area contributed by atoms with Crippen molar-refractivity contribution in [1.82, 2.24) is 5.32 Å². The average molecular weight is 233 g/mol. The summed E-state index contributed by atoms with van der Waals surface area (Å²) >= 11 is 0. The molecule has 1 aliphatic heterocycles. The first-order valence-corrected chi connectivity index (χ1v) is 6.76. The molecule has 2 nitrogen and oxygen atoms in total. The lowest BCUT2D eigenvalue weighted by molar-refractivity contribution is 0.0922. The van der Waals surface area contributed by atoms with Crippen molar-refractivity contribution in [3.8, 4) is 0 Å². The van der Waals surface area contributed by atoms with Crippen LogP contribution in [0.3, 0.4) is 0 Å². The van der Waals surface area contributed by atoms with Crippen LogP contribution in [0.2, 0.25) is 0 Å². The Morgan fingerprint density at radius 3 is 2.59 bits per heavy atom. The summed E-state index contributed by atoms with van der Waals surface area (Å²) in [7, 11) is 0. The van der Waals surface area contributed by atoms with Gasteiger partial charge >= 0.3 is 0 Å². The van der Waals surface area contributed by atoms with Crippen LogP contribution in [0.4, 0.5) is 0 Å². The molecule has 2 rings (SSSR count). The van der Waals surface area contributed by atoms with Crippen molar-refractivity contribution in [2.45, 2.75) is 38.7 Å². The molecular formula is C15H23NO. The Morgan fingerprint density at radius 1 is 1.29 bits per heavy atom. The van der Waals surface area contributed by atoms with Gasteiger partial charge in [-0.3, -0.25) is 0 Å². The van der Waals surface area contributed by atoms with Crippen LogP contribution >= 0.6 is 0 Å². The number of aliphatic hydroxyl groups is 1. The van der Waals surface area contributed by atoms with E-state index in [-0.39, 0.29) is 6.10 Å². The molecule has 0 saturated carbocycles. The van der Waals surface area contributed by atoms with Gasteiger partial charge in [0.1, 0.15) is 0 Å². The fraction of sp³-hybridized carbons (Fsp3) is 0.600. The Hall–Kier alpha value is -0.860. The molecule has 2 heteroatoms. The SMILES string of the molecule is CCc1ccc(CC(O)C2CCCNC2)cc1.